The van der Waals surface area contributed by atoms with E-state index in [-0.39, 0.29) is 10.8 Å². The van der Waals surface area contributed by atoms with Gasteiger partial charge in [-0.15, -0.1) is 0 Å². The van der Waals surface area contributed by atoms with Gasteiger partial charge < -0.3 is 4.74 Å². The Balaban J connectivity index is 1.95. The fourth-order valence-electron chi connectivity index (χ4n) is 3.07. The van der Waals surface area contributed by atoms with Gasteiger partial charge in [-0.1, -0.05) is 43.2 Å². The summed E-state index contributed by atoms with van der Waals surface area (Å²) in [5.74, 6) is 0.467. The van der Waals surface area contributed by atoms with Crippen molar-refractivity contribution in [3.8, 4) is 5.75 Å². The molecule has 0 aromatic heterocycles. The van der Waals surface area contributed by atoms with E-state index < -0.39 is 5.82 Å². The van der Waals surface area contributed by atoms with Crippen LogP contribution in [0.5, 0.6) is 5.75 Å². The number of hydrogen-bond donors (Lipinski definition) is 0. The SMILES string of the molecule is CCC/C=C/CCC1CC=C(c2ccc(OC)c(F)c2Cl)CC1. The van der Waals surface area contributed by atoms with E-state index in [9.17, 15) is 4.39 Å². The maximum Gasteiger partial charge on any atom is 0.184 e. The minimum Gasteiger partial charge on any atom is -0.494 e. The first-order valence-corrected chi connectivity index (χ1v) is 8.91. The van der Waals surface area contributed by atoms with E-state index in [1.807, 2.05) is 6.07 Å². The standard InChI is InChI=1S/C20H26ClFO/c1-3-4-5-6-7-8-15-9-11-16(12-10-15)17-13-14-18(23-2)20(22)19(17)21/h5-6,11,13-15H,3-4,7-10,12H2,1-2H3/b6-5+. The number of ether oxygens (including phenoxy) is 1. The molecule has 0 fully saturated rings. The van der Waals surface area contributed by atoms with Crippen molar-refractivity contribution in [1.82, 2.24) is 0 Å². The van der Waals surface area contributed by atoms with Gasteiger partial charge in [0.2, 0.25) is 0 Å². The molecule has 0 N–H and O–H groups in total. The van der Waals surface area contributed by atoms with Gasteiger partial charge in [0.1, 0.15) is 0 Å². The van der Waals surface area contributed by atoms with Gasteiger partial charge in [-0.2, -0.15) is 0 Å². The lowest BCUT2D eigenvalue weighted by molar-refractivity contribution is 0.386. The van der Waals surface area contributed by atoms with E-state index in [4.69, 9.17) is 16.3 Å². The number of benzene rings is 1. The summed E-state index contributed by atoms with van der Waals surface area (Å²) in [6.45, 7) is 2.20. The van der Waals surface area contributed by atoms with Crippen LogP contribution in [-0.4, -0.2) is 7.11 Å². The van der Waals surface area contributed by atoms with Gasteiger partial charge in [0.15, 0.2) is 11.6 Å². The molecule has 1 atom stereocenters. The Labute approximate surface area is 144 Å². The first kappa shape index (κ1) is 18.1. The monoisotopic (exact) mass is 336 g/mol. The van der Waals surface area contributed by atoms with Crippen LogP contribution < -0.4 is 4.74 Å². The Kier molecular flexibility index (Phi) is 7.16. The topological polar surface area (TPSA) is 9.23 Å². The van der Waals surface area contributed by atoms with Gasteiger partial charge in [0.25, 0.3) is 0 Å². The smallest absolute Gasteiger partial charge is 0.184 e. The Morgan fingerprint density at radius 1 is 1.30 bits per heavy atom. The third-order valence-electron chi connectivity index (χ3n) is 4.50. The second kappa shape index (κ2) is 9.12. The Hall–Kier alpha value is -1.28. The predicted molar refractivity (Wildman–Crippen MR) is 96.6 cm³/mol. The third kappa shape index (κ3) is 4.84. The van der Waals surface area contributed by atoms with Gasteiger partial charge in [-0.05, 0) is 67.7 Å². The molecular weight excluding hydrogens is 311 g/mol. The van der Waals surface area contributed by atoms with Crippen LogP contribution in [0.4, 0.5) is 4.39 Å². The van der Waals surface area contributed by atoms with Gasteiger partial charge in [-0.3, -0.25) is 0 Å². The van der Waals surface area contributed by atoms with Crippen LogP contribution in [0, 0.1) is 11.7 Å². The van der Waals surface area contributed by atoms with Gasteiger partial charge in [-0.25, -0.2) is 4.39 Å². The second-order valence-corrected chi connectivity index (χ2v) is 6.53. The van der Waals surface area contributed by atoms with Crippen molar-refractivity contribution in [2.24, 2.45) is 5.92 Å². The van der Waals surface area contributed by atoms with Gasteiger partial charge >= 0.3 is 0 Å². The van der Waals surface area contributed by atoms with E-state index >= 15 is 0 Å². The summed E-state index contributed by atoms with van der Waals surface area (Å²) in [7, 11) is 1.45. The molecule has 3 heteroatoms. The van der Waals surface area contributed by atoms with Crippen LogP contribution in [0.15, 0.2) is 30.4 Å². The van der Waals surface area contributed by atoms with Crippen molar-refractivity contribution in [3.05, 3.63) is 46.8 Å². The second-order valence-electron chi connectivity index (χ2n) is 6.15. The summed E-state index contributed by atoms with van der Waals surface area (Å²) < 4.78 is 19.0. The molecular formula is C20H26ClFO. The zero-order valence-corrected chi connectivity index (χ0v) is 14.8. The van der Waals surface area contributed by atoms with Crippen molar-refractivity contribution in [1.29, 1.82) is 0 Å². The Bertz CT molecular complexity index is 577. The molecule has 0 saturated carbocycles. The van der Waals surface area contributed by atoms with Crippen molar-refractivity contribution < 1.29 is 9.13 Å². The molecule has 0 radical (unpaired) electrons. The number of halogens is 2. The van der Waals surface area contributed by atoms with E-state index in [1.54, 1.807) is 6.07 Å². The summed E-state index contributed by atoms with van der Waals surface area (Å²) >= 11 is 6.17. The number of hydrogen-bond acceptors (Lipinski definition) is 1. The summed E-state index contributed by atoms with van der Waals surface area (Å²) in [6.07, 6.45) is 14.8. The van der Waals surface area contributed by atoms with Crippen molar-refractivity contribution in [2.75, 3.05) is 7.11 Å². The molecule has 0 saturated heterocycles. The molecule has 0 aliphatic heterocycles. The normalized spacial score (nSPS) is 18.3. The zero-order chi connectivity index (χ0) is 16.7. The molecule has 1 aromatic carbocycles. The van der Waals surface area contributed by atoms with E-state index in [0.29, 0.717) is 0 Å². The Morgan fingerprint density at radius 3 is 2.74 bits per heavy atom. The van der Waals surface area contributed by atoms with Crippen LogP contribution in [0.1, 0.15) is 57.4 Å². The number of allylic oxidation sites excluding steroid dienone is 4. The maximum atomic E-state index is 14.1. The molecule has 23 heavy (non-hydrogen) atoms. The molecule has 0 bridgehead atoms. The summed E-state index contributed by atoms with van der Waals surface area (Å²) in [4.78, 5) is 0. The quantitative estimate of drug-likeness (QED) is 0.497. The molecule has 2 rings (SSSR count). The molecule has 1 unspecified atom stereocenters. The highest BCUT2D eigenvalue weighted by Crippen LogP contribution is 2.38. The van der Waals surface area contributed by atoms with Crippen molar-refractivity contribution in [3.63, 3.8) is 0 Å². The fourth-order valence-corrected chi connectivity index (χ4v) is 3.34. The lowest BCUT2D eigenvalue weighted by atomic mass is 9.84. The van der Waals surface area contributed by atoms with Crippen LogP contribution in [0.3, 0.4) is 0 Å². The van der Waals surface area contributed by atoms with Crippen molar-refractivity contribution >= 4 is 17.2 Å². The molecule has 1 nitrogen and oxygen atoms in total. The average molecular weight is 337 g/mol. The minimum absolute atomic E-state index is 0.177. The van der Waals surface area contributed by atoms with Gasteiger partial charge in [0.05, 0.1) is 12.1 Å². The number of rotatable bonds is 7. The van der Waals surface area contributed by atoms with Crippen molar-refractivity contribution in [2.45, 2.75) is 51.9 Å². The molecule has 1 aromatic rings. The number of unbranched alkanes of at least 4 members (excludes halogenated alkanes) is 1. The van der Waals surface area contributed by atoms with Crippen LogP contribution in [0.25, 0.3) is 5.57 Å². The summed E-state index contributed by atoms with van der Waals surface area (Å²) in [6, 6.07) is 3.52. The summed E-state index contributed by atoms with van der Waals surface area (Å²) in [5, 5.41) is 0.177. The third-order valence-corrected chi connectivity index (χ3v) is 4.87. The van der Waals surface area contributed by atoms with Crippen LogP contribution in [0.2, 0.25) is 5.02 Å². The predicted octanol–water partition coefficient (Wildman–Crippen LogP) is 6.81. The average Bonchev–Trinajstić information content (AvgIpc) is 2.58. The highest BCUT2D eigenvalue weighted by molar-refractivity contribution is 6.32. The number of methoxy groups -OCH3 is 1. The molecule has 0 spiro atoms. The van der Waals surface area contributed by atoms with Gasteiger partial charge in [0, 0.05) is 0 Å². The highest BCUT2D eigenvalue weighted by atomic mass is 35.5. The Morgan fingerprint density at radius 2 is 2.09 bits per heavy atom. The van der Waals surface area contributed by atoms with Crippen LogP contribution in [-0.2, 0) is 0 Å². The van der Waals surface area contributed by atoms with Crippen LogP contribution >= 0.6 is 11.6 Å². The minimum atomic E-state index is -0.462. The van der Waals surface area contributed by atoms with E-state index in [0.717, 1.165) is 42.7 Å². The maximum absolute atomic E-state index is 14.1. The molecule has 0 heterocycles. The zero-order valence-electron chi connectivity index (χ0n) is 14.1. The lowest BCUT2D eigenvalue weighted by Gasteiger charge is -2.22. The molecule has 0 amide bonds. The van der Waals surface area contributed by atoms with E-state index in [2.05, 4.69) is 25.2 Å². The van der Waals surface area contributed by atoms with E-state index in [1.165, 1.54) is 26.4 Å². The molecule has 1 aliphatic carbocycles. The molecule has 126 valence electrons. The first-order chi connectivity index (χ1) is 11.2. The summed E-state index contributed by atoms with van der Waals surface area (Å²) in [5.41, 5.74) is 1.97. The lowest BCUT2D eigenvalue weighted by Crippen LogP contribution is -2.06. The highest BCUT2D eigenvalue weighted by Gasteiger charge is 2.19. The fraction of sp³-hybridized carbons (Fsp3) is 0.500. The first-order valence-electron chi connectivity index (χ1n) is 8.53. The largest absolute Gasteiger partial charge is 0.494 e. The molecule has 1 aliphatic rings.